The molecule has 2 aliphatic rings. The van der Waals surface area contributed by atoms with Crippen LogP contribution >= 0.6 is 11.8 Å². The number of nitrogens with zero attached hydrogens (tertiary/aromatic N) is 2. The molecule has 1 atom stereocenters. The van der Waals surface area contributed by atoms with E-state index >= 15 is 0 Å². The summed E-state index contributed by atoms with van der Waals surface area (Å²) in [5.41, 5.74) is -0.239. The lowest BCUT2D eigenvalue weighted by Gasteiger charge is -2.16. The minimum absolute atomic E-state index is 0.0195. The fraction of sp³-hybridized carbons (Fsp3) is 0.812. The van der Waals surface area contributed by atoms with Gasteiger partial charge in [0.15, 0.2) is 5.16 Å². The molecule has 2 heterocycles. The highest BCUT2D eigenvalue weighted by Crippen LogP contribution is 2.19. The zero-order chi connectivity index (χ0) is 16.8. The van der Waals surface area contributed by atoms with Crippen molar-refractivity contribution in [1.29, 1.82) is 0 Å². The van der Waals surface area contributed by atoms with Gasteiger partial charge in [0.1, 0.15) is 0 Å². The highest BCUT2D eigenvalue weighted by atomic mass is 32.2. The van der Waals surface area contributed by atoms with Gasteiger partial charge in [-0.25, -0.2) is 9.89 Å². The minimum atomic E-state index is -0.239. The summed E-state index contributed by atoms with van der Waals surface area (Å²) in [7, 11) is 0. The molecule has 7 nitrogen and oxygen atoms in total. The van der Waals surface area contributed by atoms with Gasteiger partial charge in [0.05, 0.1) is 18.4 Å². The van der Waals surface area contributed by atoms with Crippen LogP contribution in [0.25, 0.3) is 0 Å². The van der Waals surface area contributed by atoms with Crippen LogP contribution in [-0.4, -0.2) is 45.2 Å². The first-order valence-corrected chi connectivity index (χ1v) is 9.90. The Bertz CT molecular complexity index is 586. The van der Waals surface area contributed by atoms with Crippen molar-refractivity contribution in [2.24, 2.45) is 0 Å². The summed E-state index contributed by atoms with van der Waals surface area (Å²) in [5, 5.41) is 10.2. The van der Waals surface area contributed by atoms with E-state index in [1.54, 1.807) is 4.57 Å². The second kappa shape index (κ2) is 8.71. The van der Waals surface area contributed by atoms with Gasteiger partial charge in [-0.1, -0.05) is 37.4 Å². The third-order valence-corrected chi connectivity index (χ3v) is 5.66. The van der Waals surface area contributed by atoms with Gasteiger partial charge in [0, 0.05) is 12.6 Å². The standard InChI is InChI=1S/C16H26N4O3S/c21-14(17-12-6-3-1-2-4-7-12)11-24-16-19-18-15(22)20(16)10-13-8-5-9-23-13/h12-13H,1-11H2,(H,17,21)(H,18,22)/t13-/m0/s1. The average molecular weight is 354 g/mol. The van der Waals surface area contributed by atoms with Gasteiger partial charge >= 0.3 is 5.69 Å². The van der Waals surface area contributed by atoms with E-state index in [4.69, 9.17) is 4.74 Å². The Morgan fingerprint density at radius 3 is 2.75 bits per heavy atom. The first kappa shape index (κ1) is 17.5. The van der Waals surface area contributed by atoms with Gasteiger partial charge < -0.3 is 10.1 Å². The summed E-state index contributed by atoms with van der Waals surface area (Å²) < 4.78 is 7.17. The summed E-state index contributed by atoms with van der Waals surface area (Å²) in [6, 6.07) is 0.300. The Kier molecular flexibility index (Phi) is 6.37. The molecule has 134 valence electrons. The molecule has 1 amide bonds. The summed E-state index contributed by atoms with van der Waals surface area (Å²) in [4.78, 5) is 24.1. The largest absolute Gasteiger partial charge is 0.376 e. The third kappa shape index (κ3) is 4.86. The van der Waals surface area contributed by atoms with Gasteiger partial charge in [-0.05, 0) is 25.7 Å². The van der Waals surface area contributed by atoms with Crippen molar-refractivity contribution in [3.05, 3.63) is 10.5 Å². The Hall–Kier alpha value is -1.28. The molecular weight excluding hydrogens is 328 g/mol. The van der Waals surface area contributed by atoms with Crippen molar-refractivity contribution < 1.29 is 9.53 Å². The number of carbonyl (C=O) groups is 1. The second-order valence-corrected chi connectivity index (χ2v) is 7.54. The van der Waals surface area contributed by atoms with Crippen molar-refractivity contribution in [2.45, 2.75) is 75.2 Å². The van der Waals surface area contributed by atoms with Crippen LogP contribution in [0, 0.1) is 0 Å². The van der Waals surface area contributed by atoms with E-state index < -0.39 is 0 Å². The first-order valence-electron chi connectivity index (χ1n) is 8.91. The number of hydrogen-bond acceptors (Lipinski definition) is 5. The van der Waals surface area contributed by atoms with Crippen LogP contribution in [-0.2, 0) is 16.1 Å². The zero-order valence-electron chi connectivity index (χ0n) is 14.0. The predicted molar refractivity (Wildman–Crippen MR) is 92.2 cm³/mol. The van der Waals surface area contributed by atoms with Crippen molar-refractivity contribution >= 4 is 17.7 Å². The molecule has 3 rings (SSSR count). The van der Waals surface area contributed by atoms with E-state index in [0.29, 0.717) is 17.7 Å². The van der Waals surface area contributed by atoms with Crippen molar-refractivity contribution in [2.75, 3.05) is 12.4 Å². The summed E-state index contributed by atoms with van der Waals surface area (Å²) in [6.45, 7) is 1.26. The van der Waals surface area contributed by atoms with Crippen molar-refractivity contribution in [1.82, 2.24) is 20.1 Å². The number of thioether (sulfide) groups is 1. The number of H-pyrrole nitrogens is 1. The van der Waals surface area contributed by atoms with Crippen LogP contribution in [0.1, 0.15) is 51.4 Å². The van der Waals surface area contributed by atoms with Crippen molar-refractivity contribution in [3.63, 3.8) is 0 Å². The molecule has 1 aromatic heterocycles. The number of nitrogens with one attached hydrogen (secondary N) is 2. The number of carbonyl (C=O) groups excluding carboxylic acids is 1. The smallest absolute Gasteiger partial charge is 0.344 e. The SMILES string of the molecule is O=C(CSc1n[nH]c(=O)n1C[C@@H]1CCCO1)NC1CCCCCC1. The second-order valence-electron chi connectivity index (χ2n) is 6.60. The molecule has 2 fully saturated rings. The highest BCUT2D eigenvalue weighted by Gasteiger charge is 2.20. The molecule has 8 heteroatoms. The maximum atomic E-state index is 12.2. The van der Waals surface area contributed by atoms with Crippen LogP contribution < -0.4 is 11.0 Å². The Balaban J connectivity index is 1.50. The number of amides is 1. The number of aromatic nitrogens is 3. The molecule has 1 saturated carbocycles. The van der Waals surface area contributed by atoms with Gasteiger partial charge in [-0.15, -0.1) is 5.10 Å². The van der Waals surface area contributed by atoms with Crippen LogP contribution in [0.3, 0.4) is 0 Å². The molecule has 0 bridgehead atoms. The highest BCUT2D eigenvalue weighted by molar-refractivity contribution is 7.99. The molecule has 0 aromatic carbocycles. The molecule has 24 heavy (non-hydrogen) atoms. The average Bonchev–Trinajstić information content (AvgIpc) is 3.12. The fourth-order valence-corrected chi connectivity index (χ4v) is 4.16. The van der Waals surface area contributed by atoms with E-state index in [1.165, 1.54) is 37.4 Å². The Morgan fingerprint density at radius 2 is 2.04 bits per heavy atom. The number of aromatic amines is 1. The topological polar surface area (TPSA) is 89.0 Å². The first-order chi connectivity index (χ1) is 11.7. The number of hydrogen-bond donors (Lipinski definition) is 2. The molecule has 1 saturated heterocycles. The maximum absolute atomic E-state index is 12.2. The molecule has 1 aliphatic heterocycles. The van der Waals surface area contributed by atoms with E-state index in [1.807, 2.05) is 0 Å². The maximum Gasteiger partial charge on any atom is 0.344 e. The van der Waals surface area contributed by atoms with Gasteiger partial charge in [-0.2, -0.15) is 0 Å². The van der Waals surface area contributed by atoms with Crippen LogP contribution in [0.4, 0.5) is 0 Å². The molecule has 1 aliphatic carbocycles. The lowest BCUT2D eigenvalue weighted by atomic mass is 10.1. The van der Waals surface area contributed by atoms with Gasteiger partial charge in [-0.3, -0.25) is 9.36 Å². The number of rotatable bonds is 6. The molecule has 2 N–H and O–H groups in total. The van der Waals surface area contributed by atoms with Gasteiger partial charge in [0.25, 0.3) is 0 Å². The molecular formula is C16H26N4O3S. The van der Waals surface area contributed by atoms with E-state index in [-0.39, 0.29) is 23.5 Å². The van der Waals surface area contributed by atoms with Crippen LogP contribution in [0.2, 0.25) is 0 Å². The van der Waals surface area contributed by atoms with E-state index in [9.17, 15) is 9.59 Å². The monoisotopic (exact) mass is 354 g/mol. The van der Waals surface area contributed by atoms with Crippen molar-refractivity contribution in [3.8, 4) is 0 Å². The Labute approximate surface area is 145 Å². The molecule has 0 spiro atoms. The van der Waals surface area contributed by atoms with Crippen LogP contribution in [0.15, 0.2) is 9.95 Å². The lowest BCUT2D eigenvalue weighted by molar-refractivity contribution is -0.119. The summed E-state index contributed by atoms with van der Waals surface area (Å²) in [6.07, 6.45) is 9.13. The zero-order valence-corrected chi connectivity index (χ0v) is 14.8. The summed E-state index contributed by atoms with van der Waals surface area (Å²) in [5.74, 6) is 0.304. The molecule has 0 radical (unpaired) electrons. The number of ether oxygens (including phenoxy) is 1. The van der Waals surface area contributed by atoms with Gasteiger partial charge in [0.2, 0.25) is 5.91 Å². The predicted octanol–water partition coefficient (Wildman–Crippen LogP) is 1.68. The fourth-order valence-electron chi connectivity index (χ4n) is 3.39. The third-order valence-electron chi connectivity index (χ3n) is 4.69. The summed E-state index contributed by atoms with van der Waals surface area (Å²) >= 11 is 1.31. The lowest BCUT2D eigenvalue weighted by Crippen LogP contribution is -2.35. The van der Waals surface area contributed by atoms with Crippen LogP contribution in [0.5, 0.6) is 0 Å². The normalized spacial score (nSPS) is 22.4. The van der Waals surface area contributed by atoms with E-state index in [0.717, 1.165) is 32.3 Å². The molecule has 0 unspecified atom stereocenters. The minimum Gasteiger partial charge on any atom is -0.376 e. The Morgan fingerprint density at radius 1 is 1.25 bits per heavy atom. The quantitative estimate of drug-likeness (QED) is 0.599. The molecule has 1 aromatic rings. The van der Waals surface area contributed by atoms with E-state index in [2.05, 4.69) is 15.5 Å².